The van der Waals surface area contributed by atoms with Gasteiger partial charge in [-0.15, -0.1) is 12.4 Å². The highest BCUT2D eigenvalue weighted by molar-refractivity contribution is 5.89. The fourth-order valence-electron chi connectivity index (χ4n) is 0.688. The second-order valence-corrected chi connectivity index (χ2v) is 2.08. The van der Waals surface area contributed by atoms with E-state index in [0.717, 1.165) is 0 Å². The topological polar surface area (TPSA) is 115 Å². The summed E-state index contributed by atoms with van der Waals surface area (Å²) in [5, 5.41) is 17.4. The van der Waals surface area contributed by atoms with Crippen molar-refractivity contribution in [3.63, 3.8) is 0 Å². The molecule has 0 saturated carbocycles. The average Bonchev–Trinajstić information content (AvgIpc) is 1.94. The van der Waals surface area contributed by atoms with Crippen LogP contribution in [0.4, 0.5) is 5.69 Å². The van der Waals surface area contributed by atoms with E-state index >= 15 is 0 Å². The summed E-state index contributed by atoms with van der Waals surface area (Å²) in [7, 11) is 0. The zero-order valence-corrected chi connectivity index (χ0v) is 7.34. The second-order valence-electron chi connectivity index (χ2n) is 2.08. The number of carboxylic acid groups (broad SMARTS) is 1. The Kier molecular flexibility index (Phi) is 5.67. The molecule has 0 saturated heterocycles. The quantitative estimate of drug-likeness (QED) is 0.453. The molecule has 0 bridgehead atoms. The van der Waals surface area contributed by atoms with Crippen molar-refractivity contribution >= 4 is 24.1 Å². The fourth-order valence-corrected chi connectivity index (χ4v) is 0.688. The van der Waals surface area contributed by atoms with Gasteiger partial charge in [0.25, 0.3) is 0 Å². The van der Waals surface area contributed by atoms with Crippen molar-refractivity contribution in [3.8, 4) is 5.75 Å². The Labute approximate surface area is 80.5 Å². The molecule has 1 aromatic rings. The largest absolute Gasteiger partial charge is 0.506 e. The summed E-state index contributed by atoms with van der Waals surface area (Å²) in [4.78, 5) is 10.3. The van der Waals surface area contributed by atoms with E-state index in [1.54, 1.807) is 0 Å². The van der Waals surface area contributed by atoms with Gasteiger partial charge in [-0.05, 0) is 18.2 Å². The highest BCUT2D eigenvalue weighted by Crippen LogP contribution is 2.19. The summed E-state index contributed by atoms with van der Waals surface area (Å²) >= 11 is 0. The maximum absolute atomic E-state index is 10.3. The number of carboxylic acids is 1. The maximum atomic E-state index is 10.3. The van der Waals surface area contributed by atoms with Crippen molar-refractivity contribution in [2.75, 3.05) is 5.73 Å². The standard InChI is InChI=1S/C7H7NO3.ClH.H2O/c8-5-3-4(7(10)11)1-2-6(5)9;;/h1-3,9H,8H2,(H,10,11);1H;1H2. The first-order chi connectivity index (χ1) is 5.11. The number of hydrogen-bond acceptors (Lipinski definition) is 3. The van der Waals surface area contributed by atoms with E-state index < -0.39 is 5.97 Å². The second kappa shape index (κ2) is 5.23. The van der Waals surface area contributed by atoms with Crippen LogP contribution in [0.15, 0.2) is 18.2 Å². The Morgan fingerprint density at radius 1 is 1.38 bits per heavy atom. The molecule has 1 rings (SSSR count). The van der Waals surface area contributed by atoms with E-state index in [1.807, 2.05) is 0 Å². The van der Waals surface area contributed by atoms with Crippen LogP contribution in [0, 0.1) is 0 Å². The van der Waals surface area contributed by atoms with Gasteiger partial charge >= 0.3 is 5.97 Å². The number of nitrogens with two attached hydrogens (primary N) is 1. The molecule has 5 nitrogen and oxygen atoms in total. The van der Waals surface area contributed by atoms with Crippen molar-refractivity contribution in [3.05, 3.63) is 23.8 Å². The molecule has 1 aromatic carbocycles. The molecule has 0 radical (unpaired) electrons. The van der Waals surface area contributed by atoms with E-state index in [2.05, 4.69) is 0 Å². The molecule has 0 fully saturated rings. The van der Waals surface area contributed by atoms with Crippen LogP contribution in [0.5, 0.6) is 5.75 Å². The molecule has 0 spiro atoms. The number of benzene rings is 1. The molecule has 6 N–H and O–H groups in total. The third-order valence-corrected chi connectivity index (χ3v) is 1.27. The molecular formula is C7H10ClNO4. The summed E-state index contributed by atoms with van der Waals surface area (Å²) in [5.74, 6) is -1.16. The van der Waals surface area contributed by atoms with Crippen molar-refractivity contribution in [1.82, 2.24) is 0 Å². The maximum Gasteiger partial charge on any atom is 0.335 e. The number of halogens is 1. The van der Waals surface area contributed by atoms with Crippen LogP contribution in [-0.4, -0.2) is 21.7 Å². The van der Waals surface area contributed by atoms with Gasteiger partial charge in [-0.1, -0.05) is 0 Å². The van der Waals surface area contributed by atoms with Crippen LogP contribution < -0.4 is 5.73 Å². The van der Waals surface area contributed by atoms with Crippen LogP contribution in [0.25, 0.3) is 0 Å². The van der Waals surface area contributed by atoms with Gasteiger partial charge in [0.05, 0.1) is 11.3 Å². The molecule has 13 heavy (non-hydrogen) atoms. The highest BCUT2D eigenvalue weighted by atomic mass is 35.5. The smallest absolute Gasteiger partial charge is 0.335 e. The minimum Gasteiger partial charge on any atom is -0.506 e. The van der Waals surface area contributed by atoms with E-state index in [0.29, 0.717) is 0 Å². The monoisotopic (exact) mass is 207 g/mol. The predicted molar refractivity (Wildman–Crippen MR) is 50.3 cm³/mol. The number of phenols is 1. The van der Waals surface area contributed by atoms with Gasteiger partial charge in [-0.25, -0.2) is 4.79 Å². The Balaban J connectivity index is 0. The fraction of sp³-hybridized carbons (Fsp3) is 0. The van der Waals surface area contributed by atoms with Crippen LogP contribution in [0.1, 0.15) is 10.4 Å². The molecule has 6 heteroatoms. The van der Waals surface area contributed by atoms with Gasteiger partial charge < -0.3 is 21.4 Å². The van der Waals surface area contributed by atoms with Crippen molar-refractivity contribution < 1.29 is 20.5 Å². The number of aromatic carboxylic acids is 1. The normalized spacial score (nSPS) is 8.00. The predicted octanol–water partition coefficient (Wildman–Crippen LogP) is 0.270. The van der Waals surface area contributed by atoms with E-state index in [9.17, 15) is 4.79 Å². The third kappa shape index (κ3) is 3.18. The first kappa shape index (κ1) is 14.1. The lowest BCUT2D eigenvalue weighted by molar-refractivity contribution is 0.0697. The molecule has 0 atom stereocenters. The number of nitrogen functional groups attached to an aromatic ring is 1. The first-order valence-corrected chi connectivity index (χ1v) is 2.93. The lowest BCUT2D eigenvalue weighted by atomic mass is 10.2. The summed E-state index contributed by atoms with van der Waals surface area (Å²) in [6.45, 7) is 0. The number of hydrogen-bond donors (Lipinski definition) is 3. The molecule has 0 aliphatic rings. The molecular weight excluding hydrogens is 198 g/mol. The summed E-state index contributed by atoms with van der Waals surface area (Å²) in [6.07, 6.45) is 0. The van der Waals surface area contributed by atoms with Gasteiger partial charge in [0, 0.05) is 0 Å². The van der Waals surface area contributed by atoms with Gasteiger partial charge in [-0.2, -0.15) is 0 Å². The van der Waals surface area contributed by atoms with Crippen LogP contribution in [0.2, 0.25) is 0 Å². The molecule has 0 amide bonds. The van der Waals surface area contributed by atoms with Crippen molar-refractivity contribution in [2.24, 2.45) is 0 Å². The van der Waals surface area contributed by atoms with Gasteiger partial charge in [0.1, 0.15) is 5.75 Å². The Morgan fingerprint density at radius 2 is 1.92 bits per heavy atom. The molecule has 74 valence electrons. The minimum absolute atomic E-state index is 0. The number of carbonyl (C=O) groups is 1. The molecule has 0 aromatic heterocycles. The summed E-state index contributed by atoms with van der Waals surface area (Å²) in [5.41, 5.74) is 5.39. The first-order valence-electron chi connectivity index (χ1n) is 2.93. The Hall–Kier alpha value is -1.46. The number of phenolic OH excluding ortho intramolecular Hbond substituents is 1. The van der Waals surface area contributed by atoms with Gasteiger partial charge in [0.15, 0.2) is 0 Å². The third-order valence-electron chi connectivity index (χ3n) is 1.27. The highest BCUT2D eigenvalue weighted by Gasteiger charge is 2.04. The van der Waals surface area contributed by atoms with Gasteiger partial charge in [0.2, 0.25) is 0 Å². The summed E-state index contributed by atoms with van der Waals surface area (Å²) in [6, 6.07) is 3.74. The number of anilines is 1. The lowest BCUT2D eigenvalue weighted by Crippen LogP contribution is -1.97. The molecule has 0 aliphatic carbocycles. The van der Waals surface area contributed by atoms with E-state index in [4.69, 9.17) is 15.9 Å². The van der Waals surface area contributed by atoms with Crippen LogP contribution >= 0.6 is 12.4 Å². The minimum atomic E-state index is -1.06. The Morgan fingerprint density at radius 3 is 2.31 bits per heavy atom. The zero-order chi connectivity index (χ0) is 8.43. The lowest BCUT2D eigenvalue weighted by Gasteiger charge is -1.98. The molecule has 0 unspecified atom stereocenters. The van der Waals surface area contributed by atoms with Crippen molar-refractivity contribution in [2.45, 2.75) is 0 Å². The molecule has 0 aliphatic heterocycles. The van der Waals surface area contributed by atoms with Crippen LogP contribution in [0.3, 0.4) is 0 Å². The van der Waals surface area contributed by atoms with E-state index in [-0.39, 0.29) is 34.9 Å². The van der Waals surface area contributed by atoms with Crippen molar-refractivity contribution in [1.29, 1.82) is 0 Å². The SMILES string of the molecule is Cl.Nc1cc(C(=O)O)ccc1O.O. The van der Waals surface area contributed by atoms with E-state index in [1.165, 1.54) is 18.2 Å². The summed E-state index contributed by atoms with van der Waals surface area (Å²) < 4.78 is 0. The average molecular weight is 208 g/mol. The zero-order valence-electron chi connectivity index (χ0n) is 6.52. The van der Waals surface area contributed by atoms with Crippen LogP contribution in [-0.2, 0) is 0 Å². The Bertz CT molecular complexity index is 303. The van der Waals surface area contributed by atoms with Gasteiger partial charge in [-0.3, -0.25) is 0 Å². The molecule has 0 heterocycles. The number of rotatable bonds is 1. The number of aromatic hydroxyl groups is 1.